The van der Waals surface area contributed by atoms with Gasteiger partial charge in [0.25, 0.3) is 0 Å². The van der Waals surface area contributed by atoms with Crippen molar-refractivity contribution >= 4 is 12.6 Å². The third-order valence-corrected chi connectivity index (χ3v) is 7.20. The van der Waals surface area contributed by atoms with Gasteiger partial charge in [0.1, 0.15) is 12.6 Å². The molecular formula is C19H28O2. The molecule has 2 nitrogen and oxygen atoms in total. The Kier molecular flexibility index (Phi) is 3.83. The first kappa shape index (κ1) is 15.0. The van der Waals surface area contributed by atoms with Gasteiger partial charge in [0.2, 0.25) is 0 Å². The summed E-state index contributed by atoms with van der Waals surface area (Å²) in [5, 5.41) is 0. The highest BCUT2D eigenvalue weighted by molar-refractivity contribution is 5.73. The Bertz CT molecular complexity index is 466. The van der Waals surface area contributed by atoms with Crippen LogP contribution in [-0.2, 0) is 9.59 Å². The molecule has 0 saturated heterocycles. The second-order valence-electron chi connectivity index (χ2n) is 8.06. The average Bonchev–Trinajstić information content (AvgIpc) is 2.67. The van der Waals surface area contributed by atoms with Gasteiger partial charge in [0, 0.05) is 5.41 Å². The largest absolute Gasteiger partial charge is 0.303 e. The van der Waals surface area contributed by atoms with Crippen LogP contribution < -0.4 is 0 Å². The second-order valence-corrected chi connectivity index (χ2v) is 8.06. The molecule has 3 rings (SSSR count). The Morgan fingerprint density at radius 3 is 2.71 bits per heavy atom. The first-order chi connectivity index (χ1) is 10.1. The third-order valence-electron chi connectivity index (χ3n) is 7.20. The minimum Gasteiger partial charge on any atom is -0.303 e. The van der Waals surface area contributed by atoms with Crippen molar-refractivity contribution in [3.05, 3.63) is 11.6 Å². The van der Waals surface area contributed by atoms with E-state index in [2.05, 4.69) is 19.9 Å². The van der Waals surface area contributed by atoms with Crippen molar-refractivity contribution in [1.82, 2.24) is 0 Å². The van der Waals surface area contributed by atoms with Crippen LogP contribution in [0.15, 0.2) is 11.6 Å². The Morgan fingerprint density at radius 1 is 1.19 bits per heavy atom. The van der Waals surface area contributed by atoms with E-state index in [1.807, 2.05) is 0 Å². The van der Waals surface area contributed by atoms with E-state index in [0.717, 1.165) is 49.4 Å². The minimum atomic E-state index is -0.177. The number of aldehydes is 2. The lowest BCUT2D eigenvalue weighted by Gasteiger charge is -2.59. The van der Waals surface area contributed by atoms with Crippen LogP contribution in [0, 0.1) is 28.6 Å². The molecule has 21 heavy (non-hydrogen) atoms. The monoisotopic (exact) mass is 288 g/mol. The smallest absolute Gasteiger partial charge is 0.145 e. The lowest BCUT2D eigenvalue weighted by atomic mass is 9.45. The van der Waals surface area contributed by atoms with Crippen molar-refractivity contribution in [2.24, 2.45) is 28.6 Å². The molecule has 0 radical (unpaired) electrons. The maximum Gasteiger partial charge on any atom is 0.145 e. The van der Waals surface area contributed by atoms with E-state index in [1.54, 1.807) is 0 Å². The van der Waals surface area contributed by atoms with Gasteiger partial charge in [0.05, 0.1) is 0 Å². The average molecular weight is 288 g/mol. The van der Waals surface area contributed by atoms with Crippen LogP contribution in [0.5, 0.6) is 0 Å². The fraction of sp³-hybridized carbons (Fsp3) is 0.789. The van der Waals surface area contributed by atoms with Crippen LogP contribution in [0.2, 0.25) is 0 Å². The minimum absolute atomic E-state index is 0.177. The highest BCUT2D eigenvalue weighted by Gasteiger charge is 2.57. The summed E-state index contributed by atoms with van der Waals surface area (Å²) in [5.41, 5.74) is 1.02. The van der Waals surface area contributed by atoms with E-state index < -0.39 is 0 Å². The van der Waals surface area contributed by atoms with E-state index in [0.29, 0.717) is 5.92 Å². The highest BCUT2D eigenvalue weighted by atomic mass is 16.1. The lowest BCUT2D eigenvalue weighted by Crippen LogP contribution is -2.53. The maximum absolute atomic E-state index is 12.1. The summed E-state index contributed by atoms with van der Waals surface area (Å²) in [6.07, 6.45) is 13.1. The molecule has 2 fully saturated rings. The number of hydrogen-bond donors (Lipinski definition) is 0. The van der Waals surface area contributed by atoms with E-state index >= 15 is 0 Å². The quantitative estimate of drug-likeness (QED) is 0.709. The molecule has 0 bridgehead atoms. The highest BCUT2D eigenvalue weighted by Crippen LogP contribution is 2.63. The van der Waals surface area contributed by atoms with Gasteiger partial charge >= 0.3 is 0 Å². The molecule has 2 saturated carbocycles. The molecule has 0 N–H and O–H groups in total. The SMILES string of the molecule is CC1CCCC2(C)C1CCC1(C=O)CCC(C=O)=CCC12. The molecule has 0 aromatic carbocycles. The molecule has 0 aromatic rings. The van der Waals surface area contributed by atoms with Gasteiger partial charge in [-0.1, -0.05) is 32.8 Å². The van der Waals surface area contributed by atoms with Gasteiger partial charge in [0.15, 0.2) is 0 Å². The molecule has 0 aromatic heterocycles. The summed E-state index contributed by atoms with van der Waals surface area (Å²) >= 11 is 0. The zero-order chi connectivity index (χ0) is 15.1. The molecule has 2 heteroatoms. The number of rotatable bonds is 2. The fourth-order valence-corrected chi connectivity index (χ4v) is 6.00. The fourth-order valence-electron chi connectivity index (χ4n) is 6.00. The second kappa shape index (κ2) is 5.37. The normalized spacial score (nSPS) is 46.6. The molecule has 116 valence electrons. The first-order valence-corrected chi connectivity index (χ1v) is 8.66. The zero-order valence-corrected chi connectivity index (χ0v) is 13.4. The van der Waals surface area contributed by atoms with Crippen molar-refractivity contribution in [2.45, 2.75) is 65.2 Å². The van der Waals surface area contributed by atoms with Crippen LogP contribution in [0.25, 0.3) is 0 Å². The van der Waals surface area contributed by atoms with E-state index in [-0.39, 0.29) is 10.8 Å². The molecule has 5 atom stereocenters. The van der Waals surface area contributed by atoms with Crippen molar-refractivity contribution in [1.29, 1.82) is 0 Å². The molecule has 0 aliphatic heterocycles. The Balaban J connectivity index is 2.00. The van der Waals surface area contributed by atoms with Gasteiger partial charge in [-0.3, -0.25) is 4.79 Å². The van der Waals surface area contributed by atoms with Gasteiger partial charge in [-0.25, -0.2) is 0 Å². The topological polar surface area (TPSA) is 34.1 Å². The van der Waals surface area contributed by atoms with E-state index in [9.17, 15) is 9.59 Å². The van der Waals surface area contributed by atoms with E-state index in [4.69, 9.17) is 0 Å². The van der Waals surface area contributed by atoms with E-state index in [1.165, 1.54) is 32.0 Å². The first-order valence-electron chi connectivity index (χ1n) is 8.66. The molecule has 3 aliphatic rings. The van der Waals surface area contributed by atoms with Gasteiger partial charge in [-0.05, 0) is 67.3 Å². The van der Waals surface area contributed by atoms with Crippen molar-refractivity contribution in [3.8, 4) is 0 Å². The van der Waals surface area contributed by atoms with Crippen molar-refractivity contribution < 1.29 is 9.59 Å². The van der Waals surface area contributed by atoms with Crippen LogP contribution in [-0.4, -0.2) is 12.6 Å². The Hall–Kier alpha value is -0.920. The summed E-state index contributed by atoms with van der Waals surface area (Å²) in [4.78, 5) is 23.2. The van der Waals surface area contributed by atoms with Gasteiger partial charge < -0.3 is 4.79 Å². The predicted octanol–water partition coefficient (Wildman–Crippen LogP) is 4.33. The molecular weight excluding hydrogens is 260 g/mol. The molecule has 0 amide bonds. The van der Waals surface area contributed by atoms with Gasteiger partial charge in [-0.2, -0.15) is 0 Å². The molecule has 5 unspecified atom stereocenters. The summed E-state index contributed by atoms with van der Waals surface area (Å²) in [7, 11) is 0. The van der Waals surface area contributed by atoms with Crippen LogP contribution in [0.3, 0.4) is 0 Å². The van der Waals surface area contributed by atoms with Crippen molar-refractivity contribution in [2.75, 3.05) is 0 Å². The predicted molar refractivity (Wildman–Crippen MR) is 83.8 cm³/mol. The summed E-state index contributed by atoms with van der Waals surface area (Å²) in [6.45, 7) is 4.84. The standard InChI is InChI=1S/C19H28O2/c1-14-4-3-9-18(2)16(14)8-11-19(13-21)10-7-15(12-20)5-6-17(18)19/h5,12-14,16-17H,3-4,6-11H2,1-2H3. The number of carbonyl (C=O) groups is 2. The van der Waals surface area contributed by atoms with Gasteiger partial charge in [-0.15, -0.1) is 0 Å². The summed E-state index contributed by atoms with van der Waals surface area (Å²) < 4.78 is 0. The molecule has 0 heterocycles. The maximum atomic E-state index is 12.1. The Morgan fingerprint density at radius 2 is 2.00 bits per heavy atom. The molecule has 0 spiro atoms. The van der Waals surface area contributed by atoms with Crippen LogP contribution >= 0.6 is 0 Å². The number of carbonyl (C=O) groups excluding carboxylic acids is 2. The van der Waals surface area contributed by atoms with Crippen molar-refractivity contribution in [3.63, 3.8) is 0 Å². The Labute approximate surface area is 128 Å². The number of hydrogen-bond acceptors (Lipinski definition) is 2. The number of fused-ring (bicyclic) bond motifs is 3. The lowest BCUT2D eigenvalue weighted by molar-refractivity contribution is -0.140. The number of allylic oxidation sites excluding steroid dienone is 2. The summed E-state index contributed by atoms with van der Waals surface area (Å²) in [5.74, 6) is 1.98. The zero-order valence-electron chi connectivity index (χ0n) is 13.4. The van der Waals surface area contributed by atoms with Crippen LogP contribution in [0.1, 0.15) is 65.2 Å². The molecule has 3 aliphatic carbocycles. The van der Waals surface area contributed by atoms with Crippen LogP contribution in [0.4, 0.5) is 0 Å². The summed E-state index contributed by atoms with van der Waals surface area (Å²) in [6, 6.07) is 0. The third kappa shape index (κ3) is 2.22.